The standard InChI is InChI=1S/C24H26BrClN2O2/c1-2-3-4-5-6-9-14-30-23-13-12-20(25)16-18(23)15-19(17-27)24(29)28-22-11-8-7-10-21(22)26/h7-8,10-13,15-16H,2-6,9,14H2,1H3,(H,28,29)/b19-15+. The first kappa shape index (κ1) is 24.0. The Morgan fingerprint density at radius 2 is 1.90 bits per heavy atom. The number of carbonyl (C=O) groups is 1. The summed E-state index contributed by atoms with van der Waals surface area (Å²) in [6.07, 6.45) is 8.62. The fourth-order valence-electron chi connectivity index (χ4n) is 2.88. The molecule has 4 nitrogen and oxygen atoms in total. The number of hydrogen-bond acceptors (Lipinski definition) is 3. The molecule has 0 aliphatic carbocycles. The van der Waals surface area contributed by atoms with Crippen molar-refractivity contribution in [2.45, 2.75) is 45.4 Å². The van der Waals surface area contributed by atoms with Crippen LogP contribution in [0, 0.1) is 11.3 Å². The molecule has 2 rings (SSSR count). The van der Waals surface area contributed by atoms with Gasteiger partial charge in [-0.25, -0.2) is 0 Å². The molecule has 2 aromatic carbocycles. The summed E-state index contributed by atoms with van der Waals surface area (Å²) in [5.41, 5.74) is 1.10. The molecule has 1 amide bonds. The van der Waals surface area contributed by atoms with Crippen LogP contribution in [0.4, 0.5) is 5.69 Å². The van der Waals surface area contributed by atoms with Gasteiger partial charge in [0.25, 0.3) is 5.91 Å². The molecular formula is C24H26BrClN2O2. The Morgan fingerprint density at radius 3 is 2.63 bits per heavy atom. The Balaban J connectivity index is 2.07. The van der Waals surface area contributed by atoms with Crippen molar-refractivity contribution in [2.24, 2.45) is 0 Å². The summed E-state index contributed by atoms with van der Waals surface area (Å²) in [5.74, 6) is 0.123. The van der Waals surface area contributed by atoms with Gasteiger partial charge in [0, 0.05) is 10.0 Å². The zero-order chi connectivity index (χ0) is 21.8. The largest absolute Gasteiger partial charge is 0.493 e. The van der Waals surface area contributed by atoms with E-state index < -0.39 is 5.91 Å². The number of halogens is 2. The van der Waals surface area contributed by atoms with E-state index in [1.807, 2.05) is 24.3 Å². The smallest absolute Gasteiger partial charge is 0.266 e. The number of anilines is 1. The highest BCUT2D eigenvalue weighted by Crippen LogP contribution is 2.27. The normalized spacial score (nSPS) is 11.1. The third kappa shape index (κ3) is 7.85. The molecule has 0 heterocycles. The lowest BCUT2D eigenvalue weighted by Gasteiger charge is -2.11. The predicted octanol–water partition coefficient (Wildman–Crippen LogP) is 7.39. The molecule has 158 valence electrons. The topological polar surface area (TPSA) is 62.1 Å². The number of carbonyl (C=O) groups excluding carboxylic acids is 1. The highest BCUT2D eigenvalue weighted by molar-refractivity contribution is 9.10. The zero-order valence-corrected chi connectivity index (χ0v) is 19.4. The summed E-state index contributed by atoms with van der Waals surface area (Å²) in [5, 5.41) is 12.6. The lowest BCUT2D eigenvalue weighted by Crippen LogP contribution is -2.13. The van der Waals surface area contributed by atoms with E-state index in [0.717, 1.165) is 17.3 Å². The molecule has 0 aromatic heterocycles. The highest BCUT2D eigenvalue weighted by atomic mass is 79.9. The minimum absolute atomic E-state index is 0.0302. The van der Waals surface area contributed by atoms with Crippen molar-refractivity contribution >= 4 is 45.2 Å². The minimum atomic E-state index is -0.521. The van der Waals surface area contributed by atoms with Crippen molar-refractivity contribution in [3.05, 3.63) is 63.1 Å². The van der Waals surface area contributed by atoms with Gasteiger partial charge in [-0.15, -0.1) is 0 Å². The first-order valence-corrected chi connectivity index (χ1v) is 11.3. The van der Waals surface area contributed by atoms with Crippen LogP contribution < -0.4 is 10.1 Å². The van der Waals surface area contributed by atoms with E-state index in [9.17, 15) is 10.1 Å². The van der Waals surface area contributed by atoms with Gasteiger partial charge in [-0.2, -0.15) is 5.26 Å². The number of benzene rings is 2. The molecule has 0 radical (unpaired) electrons. The van der Waals surface area contributed by atoms with E-state index in [0.29, 0.717) is 28.6 Å². The third-order valence-corrected chi connectivity index (χ3v) is 5.34. The van der Waals surface area contributed by atoms with Gasteiger partial charge in [-0.3, -0.25) is 4.79 Å². The molecular weight excluding hydrogens is 464 g/mol. The van der Waals surface area contributed by atoms with Crippen LogP contribution in [0.15, 0.2) is 52.5 Å². The first-order valence-electron chi connectivity index (χ1n) is 10.1. The zero-order valence-electron chi connectivity index (χ0n) is 17.1. The molecule has 0 unspecified atom stereocenters. The molecule has 1 N–H and O–H groups in total. The molecule has 30 heavy (non-hydrogen) atoms. The summed E-state index contributed by atoms with van der Waals surface area (Å²) in [4.78, 5) is 12.6. The van der Waals surface area contributed by atoms with Crippen molar-refractivity contribution in [3.63, 3.8) is 0 Å². The summed E-state index contributed by atoms with van der Waals surface area (Å²) in [6.45, 7) is 2.80. The summed E-state index contributed by atoms with van der Waals surface area (Å²) in [6, 6.07) is 14.4. The number of ether oxygens (including phenoxy) is 1. The summed E-state index contributed by atoms with van der Waals surface area (Å²) >= 11 is 9.53. The number of para-hydroxylation sites is 1. The molecule has 6 heteroatoms. The second-order valence-corrected chi connectivity index (χ2v) is 8.23. The number of unbranched alkanes of at least 4 members (excludes halogenated alkanes) is 5. The van der Waals surface area contributed by atoms with Crippen molar-refractivity contribution < 1.29 is 9.53 Å². The molecule has 0 aliphatic heterocycles. The molecule has 0 atom stereocenters. The third-order valence-electron chi connectivity index (χ3n) is 4.51. The van der Waals surface area contributed by atoms with Gasteiger partial charge in [0.1, 0.15) is 17.4 Å². The molecule has 0 aliphatic rings. The highest BCUT2D eigenvalue weighted by Gasteiger charge is 2.13. The average Bonchev–Trinajstić information content (AvgIpc) is 2.74. The SMILES string of the molecule is CCCCCCCCOc1ccc(Br)cc1/C=C(\C#N)C(=O)Nc1ccccc1Cl. The number of nitrogens with one attached hydrogen (secondary N) is 1. The maximum Gasteiger partial charge on any atom is 0.266 e. The summed E-state index contributed by atoms with van der Waals surface area (Å²) in [7, 11) is 0. The molecule has 0 fully saturated rings. The lowest BCUT2D eigenvalue weighted by atomic mass is 10.1. The van der Waals surface area contributed by atoms with Gasteiger partial charge in [0.05, 0.1) is 17.3 Å². The maximum absolute atomic E-state index is 12.6. The Labute approximate surface area is 192 Å². The van der Waals surface area contributed by atoms with Crippen LogP contribution in [0.5, 0.6) is 5.75 Å². The van der Waals surface area contributed by atoms with Crippen LogP contribution >= 0.6 is 27.5 Å². The van der Waals surface area contributed by atoms with Crippen molar-refractivity contribution in [1.82, 2.24) is 0 Å². The van der Waals surface area contributed by atoms with Crippen LogP contribution in [0.25, 0.3) is 6.08 Å². The van der Waals surface area contributed by atoms with Crippen molar-refractivity contribution in [2.75, 3.05) is 11.9 Å². The van der Waals surface area contributed by atoms with Crippen LogP contribution in [0.3, 0.4) is 0 Å². The average molecular weight is 490 g/mol. The van der Waals surface area contributed by atoms with Gasteiger partial charge < -0.3 is 10.1 Å². The predicted molar refractivity (Wildman–Crippen MR) is 127 cm³/mol. The van der Waals surface area contributed by atoms with E-state index in [4.69, 9.17) is 16.3 Å². The van der Waals surface area contributed by atoms with Gasteiger partial charge in [0.15, 0.2) is 0 Å². The maximum atomic E-state index is 12.6. The van der Waals surface area contributed by atoms with Crippen LogP contribution in [-0.4, -0.2) is 12.5 Å². The van der Waals surface area contributed by atoms with Gasteiger partial charge in [-0.1, -0.05) is 78.7 Å². The minimum Gasteiger partial charge on any atom is -0.493 e. The Morgan fingerprint density at radius 1 is 1.17 bits per heavy atom. The monoisotopic (exact) mass is 488 g/mol. The quantitative estimate of drug-likeness (QED) is 0.203. The van der Waals surface area contributed by atoms with Gasteiger partial charge in [-0.05, 0) is 42.8 Å². The molecule has 0 spiro atoms. The van der Waals surface area contributed by atoms with Crippen LogP contribution in [-0.2, 0) is 4.79 Å². The molecule has 0 bridgehead atoms. The van der Waals surface area contributed by atoms with Gasteiger partial charge in [0.2, 0.25) is 0 Å². The Kier molecular flexibility index (Phi) is 10.5. The van der Waals surface area contributed by atoms with E-state index >= 15 is 0 Å². The van der Waals surface area contributed by atoms with E-state index in [-0.39, 0.29) is 5.57 Å². The van der Waals surface area contributed by atoms with Crippen LogP contribution in [0.1, 0.15) is 51.0 Å². The van der Waals surface area contributed by atoms with Crippen molar-refractivity contribution in [3.8, 4) is 11.8 Å². The summed E-state index contributed by atoms with van der Waals surface area (Å²) < 4.78 is 6.77. The van der Waals surface area contributed by atoms with E-state index in [2.05, 4.69) is 28.2 Å². The number of rotatable bonds is 11. The van der Waals surface area contributed by atoms with Crippen molar-refractivity contribution in [1.29, 1.82) is 5.26 Å². The van der Waals surface area contributed by atoms with Crippen LogP contribution in [0.2, 0.25) is 5.02 Å². The van der Waals surface area contributed by atoms with E-state index in [1.54, 1.807) is 24.3 Å². The lowest BCUT2D eigenvalue weighted by molar-refractivity contribution is -0.112. The fraction of sp³-hybridized carbons (Fsp3) is 0.333. The second kappa shape index (κ2) is 13.1. The number of amides is 1. The van der Waals surface area contributed by atoms with E-state index in [1.165, 1.54) is 31.8 Å². The Bertz CT molecular complexity index is 922. The molecule has 0 saturated carbocycles. The second-order valence-electron chi connectivity index (χ2n) is 6.90. The molecule has 0 saturated heterocycles. The number of nitriles is 1. The first-order chi connectivity index (χ1) is 14.5. The number of hydrogen-bond donors (Lipinski definition) is 1. The number of nitrogens with zero attached hydrogens (tertiary/aromatic N) is 1. The fourth-order valence-corrected chi connectivity index (χ4v) is 3.45. The van der Waals surface area contributed by atoms with Gasteiger partial charge >= 0.3 is 0 Å². The Hall–Kier alpha value is -2.29. The molecule has 2 aromatic rings.